The zero-order valence-corrected chi connectivity index (χ0v) is 18.5. The molecule has 7 nitrogen and oxygen atoms in total. The predicted octanol–water partition coefficient (Wildman–Crippen LogP) is 2.99. The van der Waals surface area contributed by atoms with E-state index in [4.69, 9.17) is 14.1 Å². The topological polar surface area (TPSA) is 67.8 Å². The van der Waals surface area contributed by atoms with Crippen molar-refractivity contribution in [3.8, 4) is 0 Å². The second kappa shape index (κ2) is 11.3. The van der Waals surface area contributed by atoms with Gasteiger partial charge in [0.25, 0.3) is 0 Å². The summed E-state index contributed by atoms with van der Waals surface area (Å²) in [6.07, 6.45) is 8.73. The molecule has 3 rings (SSSR count). The van der Waals surface area contributed by atoms with E-state index in [1.807, 2.05) is 36.3 Å². The molecule has 1 atom stereocenters. The third-order valence-corrected chi connectivity index (χ3v) is 4.47. The van der Waals surface area contributed by atoms with Crippen LogP contribution in [0.15, 0.2) is 40.2 Å². The van der Waals surface area contributed by atoms with Crippen molar-refractivity contribution in [1.29, 1.82) is 0 Å². The Kier molecular flexibility index (Phi) is 9.12. The molecule has 1 aliphatic heterocycles. The molecule has 1 N–H and O–H groups in total. The van der Waals surface area contributed by atoms with E-state index in [2.05, 4.69) is 22.2 Å². The van der Waals surface area contributed by atoms with E-state index in [1.165, 1.54) is 0 Å². The van der Waals surface area contributed by atoms with Crippen molar-refractivity contribution in [1.82, 2.24) is 20.0 Å². The lowest BCUT2D eigenvalue weighted by Crippen LogP contribution is -2.48. The molecule has 0 bridgehead atoms. The molecule has 3 heterocycles. The standard InChI is InChI=1S/C19H29N5O2.HI/c1-3-4-8-20-19(21-9-7-17-6-5-11-25-17)24-10-12-26-18(15-24)16-13-22-23(2)14-16;/h5-6,11,13-14,18H,3-4,7-10,12,15H2,1-2H3,(H,20,21);1H. The highest BCUT2D eigenvalue weighted by Gasteiger charge is 2.25. The summed E-state index contributed by atoms with van der Waals surface area (Å²) in [7, 11) is 1.93. The van der Waals surface area contributed by atoms with Crippen LogP contribution >= 0.6 is 24.0 Å². The molecule has 0 aliphatic carbocycles. The smallest absolute Gasteiger partial charge is 0.194 e. The van der Waals surface area contributed by atoms with Crippen LogP contribution in [-0.4, -0.2) is 53.4 Å². The van der Waals surface area contributed by atoms with Gasteiger partial charge in [0.15, 0.2) is 5.96 Å². The summed E-state index contributed by atoms with van der Waals surface area (Å²) in [5.41, 5.74) is 1.11. The van der Waals surface area contributed by atoms with Gasteiger partial charge < -0.3 is 19.4 Å². The fourth-order valence-corrected chi connectivity index (χ4v) is 3.01. The van der Waals surface area contributed by atoms with Crippen molar-refractivity contribution in [2.24, 2.45) is 12.0 Å². The average molecular weight is 487 g/mol. The number of aliphatic imine (C=N–C) groups is 1. The van der Waals surface area contributed by atoms with Gasteiger partial charge in [-0.15, -0.1) is 24.0 Å². The second-order valence-electron chi connectivity index (χ2n) is 6.57. The number of hydrogen-bond donors (Lipinski definition) is 1. The van der Waals surface area contributed by atoms with Gasteiger partial charge in [0.05, 0.1) is 25.6 Å². The van der Waals surface area contributed by atoms with E-state index in [1.54, 1.807) is 6.26 Å². The number of rotatable bonds is 7. The van der Waals surface area contributed by atoms with Crippen LogP contribution in [0.1, 0.15) is 37.2 Å². The van der Waals surface area contributed by atoms with Gasteiger partial charge in [-0.25, -0.2) is 0 Å². The lowest BCUT2D eigenvalue weighted by molar-refractivity contribution is -0.00806. The van der Waals surface area contributed by atoms with Crippen LogP contribution in [-0.2, 0) is 18.2 Å². The van der Waals surface area contributed by atoms with Gasteiger partial charge in [-0.05, 0) is 18.6 Å². The van der Waals surface area contributed by atoms with Crippen LogP contribution in [0.2, 0.25) is 0 Å². The second-order valence-corrected chi connectivity index (χ2v) is 6.57. The quantitative estimate of drug-likeness (QED) is 0.282. The molecule has 1 unspecified atom stereocenters. The summed E-state index contributed by atoms with van der Waals surface area (Å²) in [5.74, 6) is 1.95. The number of morpholine rings is 1. The summed E-state index contributed by atoms with van der Waals surface area (Å²) in [6, 6.07) is 3.93. The fraction of sp³-hybridized carbons (Fsp3) is 0.579. The summed E-state index contributed by atoms with van der Waals surface area (Å²) < 4.78 is 13.2. The Morgan fingerprint density at radius 3 is 3.04 bits per heavy atom. The van der Waals surface area contributed by atoms with Crippen molar-refractivity contribution < 1.29 is 9.15 Å². The Morgan fingerprint density at radius 2 is 2.33 bits per heavy atom. The van der Waals surface area contributed by atoms with Gasteiger partial charge >= 0.3 is 0 Å². The van der Waals surface area contributed by atoms with Crippen molar-refractivity contribution in [2.45, 2.75) is 32.3 Å². The zero-order valence-electron chi connectivity index (χ0n) is 16.1. The molecule has 1 fully saturated rings. The van der Waals surface area contributed by atoms with E-state index in [9.17, 15) is 0 Å². The first-order chi connectivity index (χ1) is 12.8. The van der Waals surface area contributed by atoms with Gasteiger partial charge in [-0.2, -0.15) is 5.10 Å². The van der Waals surface area contributed by atoms with Crippen LogP contribution < -0.4 is 5.32 Å². The van der Waals surface area contributed by atoms with Gasteiger partial charge in [-0.3, -0.25) is 9.67 Å². The molecule has 0 aromatic carbocycles. The Labute approximate surface area is 178 Å². The molecule has 0 spiro atoms. The third-order valence-electron chi connectivity index (χ3n) is 4.47. The molecule has 2 aromatic rings. The van der Waals surface area contributed by atoms with Crippen molar-refractivity contribution in [3.63, 3.8) is 0 Å². The zero-order chi connectivity index (χ0) is 18.2. The maximum absolute atomic E-state index is 5.95. The highest BCUT2D eigenvalue weighted by Crippen LogP contribution is 2.21. The number of hydrogen-bond acceptors (Lipinski definition) is 4. The predicted molar refractivity (Wildman–Crippen MR) is 117 cm³/mol. The van der Waals surface area contributed by atoms with Crippen LogP contribution in [0.4, 0.5) is 0 Å². The number of halogens is 1. The first kappa shape index (κ1) is 21.7. The van der Waals surface area contributed by atoms with Crippen LogP contribution in [0.5, 0.6) is 0 Å². The van der Waals surface area contributed by atoms with Crippen molar-refractivity contribution in [3.05, 3.63) is 42.1 Å². The Balaban J connectivity index is 0.00000261. The Hall–Kier alpha value is -1.55. The number of guanidine groups is 1. The molecule has 27 heavy (non-hydrogen) atoms. The molecule has 0 radical (unpaired) electrons. The number of aromatic nitrogens is 2. The minimum Gasteiger partial charge on any atom is -0.469 e. The normalized spacial score (nSPS) is 17.6. The van der Waals surface area contributed by atoms with Crippen molar-refractivity contribution >= 4 is 29.9 Å². The number of unbranched alkanes of at least 4 members (excludes halogenated alkanes) is 1. The summed E-state index contributed by atoms with van der Waals surface area (Å²) in [5, 5.41) is 7.77. The van der Waals surface area contributed by atoms with Gasteiger partial charge in [0.2, 0.25) is 0 Å². The first-order valence-electron chi connectivity index (χ1n) is 9.42. The average Bonchev–Trinajstić information content (AvgIpc) is 3.32. The third kappa shape index (κ3) is 6.53. The van der Waals surface area contributed by atoms with E-state index in [0.29, 0.717) is 6.61 Å². The van der Waals surface area contributed by atoms with Gasteiger partial charge in [0.1, 0.15) is 11.9 Å². The Bertz CT molecular complexity index is 686. The number of ether oxygens (including phenoxy) is 1. The summed E-state index contributed by atoms with van der Waals surface area (Å²) in [6.45, 7) is 6.14. The number of aryl methyl sites for hydroxylation is 1. The van der Waals surface area contributed by atoms with E-state index in [-0.39, 0.29) is 30.1 Å². The van der Waals surface area contributed by atoms with Crippen LogP contribution in [0.3, 0.4) is 0 Å². The number of furan rings is 1. The molecule has 2 aromatic heterocycles. The highest BCUT2D eigenvalue weighted by molar-refractivity contribution is 14.0. The Morgan fingerprint density at radius 1 is 1.44 bits per heavy atom. The van der Waals surface area contributed by atoms with Crippen LogP contribution in [0.25, 0.3) is 0 Å². The summed E-state index contributed by atoms with van der Waals surface area (Å²) >= 11 is 0. The SMILES string of the molecule is CCCCN=C(NCCc1ccco1)N1CCOC(c2cnn(C)c2)C1.I. The van der Waals surface area contributed by atoms with E-state index < -0.39 is 0 Å². The molecule has 0 saturated carbocycles. The van der Waals surface area contributed by atoms with Gasteiger partial charge in [0, 0.05) is 44.9 Å². The van der Waals surface area contributed by atoms with Gasteiger partial charge in [-0.1, -0.05) is 13.3 Å². The largest absolute Gasteiger partial charge is 0.469 e. The maximum atomic E-state index is 5.95. The highest BCUT2D eigenvalue weighted by atomic mass is 127. The van der Waals surface area contributed by atoms with Crippen molar-refractivity contribution in [2.75, 3.05) is 32.8 Å². The van der Waals surface area contributed by atoms with Crippen LogP contribution in [0, 0.1) is 0 Å². The minimum atomic E-state index is 0. The molecule has 8 heteroatoms. The van der Waals surface area contributed by atoms with E-state index in [0.717, 1.165) is 62.7 Å². The lowest BCUT2D eigenvalue weighted by Gasteiger charge is -2.35. The lowest BCUT2D eigenvalue weighted by atomic mass is 10.1. The molecule has 1 saturated heterocycles. The first-order valence-corrected chi connectivity index (χ1v) is 9.42. The van der Waals surface area contributed by atoms with E-state index >= 15 is 0 Å². The maximum Gasteiger partial charge on any atom is 0.194 e. The number of nitrogens with one attached hydrogen (secondary N) is 1. The molecule has 0 amide bonds. The molecular formula is C19H30IN5O2. The molecular weight excluding hydrogens is 457 g/mol. The molecule has 1 aliphatic rings. The monoisotopic (exact) mass is 487 g/mol. The summed E-state index contributed by atoms with van der Waals surface area (Å²) in [4.78, 5) is 7.10. The molecule has 150 valence electrons. The fourth-order valence-electron chi connectivity index (χ4n) is 3.01. The minimum absolute atomic E-state index is 0. The number of nitrogens with zero attached hydrogens (tertiary/aromatic N) is 4.